The van der Waals surface area contributed by atoms with Crippen LogP contribution in [0.1, 0.15) is 26.2 Å². The van der Waals surface area contributed by atoms with Crippen LogP contribution >= 0.6 is 0 Å². The lowest BCUT2D eigenvalue weighted by Crippen LogP contribution is -3.14. The number of likely N-dealkylation sites (tertiary alicyclic amines) is 1. The molecule has 0 atom stereocenters. The quantitative estimate of drug-likeness (QED) is 0.549. The molecule has 0 spiro atoms. The number of rotatable bonds is 5. The van der Waals surface area contributed by atoms with Gasteiger partial charge in [-0.15, -0.1) is 0 Å². The number of carbonyl (C=O) groups excluding carboxylic acids is 2. The van der Waals surface area contributed by atoms with E-state index in [9.17, 15) is 14.7 Å². The smallest absolute Gasteiger partial charge is 0.275 e. The van der Waals surface area contributed by atoms with E-state index in [1.807, 2.05) is 6.92 Å². The average molecular weight is 228 g/mol. The molecule has 0 aliphatic carbocycles. The summed E-state index contributed by atoms with van der Waals surface area (Å²) in [6.07, 6.45) is 2.19. The third-order valence-electron chi connectivity index (χ3n) is 3.01. The minimum atomic E-state index is -0.950. The van der Waals surface area contributed by atoms with Gasteiger partial charge in [-0.25, -0.2) is 0 Å². The molecule has 0 aromatic rings. The van der Waals surface area contributed by atoms with Crippen LogP contribution in [0, 0.1) is 5.92 Å². The summed E-state index contributed by atoms with van der Waals surface area (Å²) in [6.45, 7) is 4.68. The Balaban J connectivity index is 2.21. The van der Waals surface area contributed by atoms with Crippen molar-refractivity contribution in [1.82, 2.24) is 5.32 Å². The number of carboxylic acids is 1. The van der Waals surface area contributed by atoms with Gasteiger partial charge in [-0.1, -0.05) is 6.92 Å². The van der Waals surface area contributed by atoms with E-state index < -0.39 is 5.97 Å². The van der Waals surface area contributed by atoms with Crippen molar-refractivity contribution in [2.75, 3.05) is 26.2 Å². The summed E-state index contributed by atoms with van der Waals surface area (Å²) in [7, 11) is 0. The number of carbonyl (C=O) groups is 2. The lowest BCUT2D eigenvalue weighted by molar-refractivity contribution is -0.897. The third-order valence-corrected chi connectivity index (χ3v) is 3.01. The first-order valence-corrected chi connectivity index (χ1v) is 5.94. The maximum absolute atomic E-state index is 11.4. The van der Waals surface area contributed by atoms with Crippen molar-refractivity contribution in [3.05, 3.63) is 0 Å². The van der Waals surface area contributed by atoms with E-state index >= 15 is 0 Å². The van der Waals surface area contributed by atoms with E-state index in [2.05, 4.69) is 5.32 Å². The van der Waals surface area contributed by atoms with E-state index in [1.165, 1.54) is 4.90 Å². The van der Waals surface area contributed by atoms with Gasteiger partial charge in [0.2, 0.25) is 0 Å². The van der Waals surface area contributed by atoms with Crippen molar-refractivity contribution in [3.8, 4) is 0 Å². The van der Waals surface area contributed by atoms with Crippen LogP contribution in [0.3, 0.4) is 0 Å². The Morgan fingerprint density at radius 2 is 2.00 bits per heavy atom. The summed E-state index contributed by atoms with van der Waals surface area (Å²) in [5.41, 5.74) is 0. The Kier molecular flexibility index (Phi) is 5.25. The molecule has 5 heteroatoms. The van der Waals surface area contributed by atoms with Crippen molar-refractivity contribution in [3.63, 3.8) is 0 Å². The van der Waals surface area contributed by atoms with E-state index in [-0.39, 0.29) is 11.8 Å². The molecule has 16 heavy (non-hydrogen) atoms. The van der Waals surface area contributed by atoms with E-state index in [0.29, 0.717) is 25.9 Å². The van der Waals surface area contributed by atoms with Crippen LogP contribution in [-0.2, 0) is 9.59 Å². The summed E-state index contributed by atoms with van der Waals surface area (Å²) in [5, 5.41) is 13.5. The van der Waals surface area contributed by atoms with Crippen molar-refractivity contribution < 1.29 is 19.6 Å². The first-order valence-electron chi connectivity index (χ1n) is 5.94. The highest BCUT2D eigenvalue weighted by molar-refractivity contribution is 5.76. The van der Waals surface area contributed by atoms with E-state index in [4.69, 9.17) is 0 Å². The van der Waals surface area contributed by atoms with Gasteiger partial charge in [0.15, 0.2) is 6.54 Å². The van der Waals surface area contributed by atoms with Gasteiger partial charge in [-0.05, 0) is 6.42 Å². The number of hydrogen-bond acceptors (Lipinski definition) is 3. The highest BCUT2D eigenvalue weighted by atomic mass is 16.4. The molecule has 92 valence electrons. The van der Waals surface area contributed by atoms with Crippen LogP contribution in [0.15, 0.2) is 0 Å². The molecule has 1 amide bonds. The number of nitrogens with one attached hydrogen (secondary N) is 2. The van der Waals surface area contributed by atoms with Gasteiger partial charge in [-0.2, -0.15) is 0 Å². The zero-order valence-corrected chi connectivity index (χ0v) is 9.75. The fourth-order valence-electron chi connectivity index (χ4n) is 1.99. The van der Waals surface area contributed by atoms with Gasteiger partial charge < -0.3 is 20.1 Å². The van der Waals surface area contributed by atoms with Gasteiger partial charge in [0, 0.05) is 31.3 Å². The Labute approximate surface area is 95.8 Å². The number of aliphatic carboxylic acids is 1. The molecule has 5 nitrogen and oxygen atoms in total. The number of carboxylic acid groups (broad SMARTS) is 1. The lowest BCUT2D eigenvalue weighted by Gasteiger charge is -2.29. The van der Waals surface area contributed by atoms with Gasteiger partial charge in [0.25, 0.3) is 5.91 Å². The summed E-state index contributed by atoms with van der Waals surface area (Å²) < 4.78 is 0. The Morgan fingerprint density at radius 3 is 2.50 bits per heavy atom. The molecular weight excluding hydrogens is 208 g/mol. The van der Waals surface area contributed by atoms with Crippen LogP contribution < -0.4 is 15.3 Å². The molecule has 1 saturated heterocycles. The Morgan fingerprint density at radius 1 is 1.38 bits per heavy atom. The zero-order valence-electron chi connectivity index (χ0n) is 9.75. The number of quaternary nitrogens is 1. The first-order chi connectivity index (χ1) is 7.63. The Hall–Kier alpha value is -1.10. The molecule has 1 heterocycles. The summed E-state index contributed by atoms with van der Waals surface area (Å²) in [4.78, 5) is 23.2. The van der Waals surface area contributed by atoms with E-state index in [1.54, 1.807) is 0 Å². The molecule has 0 aromatic carbocycles. The third kappa shape index (κ3) is 4.18. The van der Waals surface area contributed by atoms with Crippen LogP contribution in [-0.4, -0.2) is 38.1 Å². The molecular formula is C11H20N2O3. The van der Waals surface area contributed by atoms with Gasteiger partial charge in [-0.3, -0.25) is 4.79 Å². The number of amides is 1. The number of piperidine rings is 1. The fourth-order valence-corrected chi connectivity index (χ4v) is 1.99. The lowest BCUT2D eigenvalue weighted by atomic mass is 9.97. The van der Waals surface area contributed by atoms with Crippen LogP contribution in [0.4, 0.5) is 0 Å². The summed E-state index contributed by atoms with van der Waals surface area (Å²) in [6, 6.07) is 0. The SMILES string of the molecule is CCCNC(=O)C[NH+]1CCC(C(=O)[O-])CC1. The molecule has 0 radical (unpaired) electrons. The topological polar surface area (TPSA) is 73.7 Å². The molecule has 1 fully saturated rings. The normalized spacial score (nSPS) is 25.1. The fraction of sp³-hybridized carbons (Fsp3) is 0.818. The van der Waals surface area contributed by atoms with Crippen molar-refractivity contribution in [2.45, 2.75) is 26.2 Å². The summed E-state index contributed by atoms with van der Waals surface area (Å²) >= 11 is 0. The molecule has 1 rings (SSSR count). The Bertz CT molecular complexity index is 248. The van der Waals surface area contributed by atoms with E-state index in [0.717, 1.165) is 19.5 Å². The second-order valence-corrected chi connectivity index (χ2v) is 4.37. The molecule has 2 N–H and O–H groups in total. The molecule has 1 aliphatic rings. The van der Waals surface area contributed by atoms with Crippen molar-refractivity contribution in [1.29, 1.82) is 0 Å². The molecule has 0 bridgehead atoms. The largest absolute Gasteiger partial charge is 0.550 e. The average Bonchev–Trinajstić information content (AvgIpc) is 2.27. The molecule has 0 saturated carbocycles. The van der Waals surface area contributed by atoms with Crippen molar-refractivity contribution >= 4 is 11.9 Å². The minimum Gasteiger partial charge on any atom is -0.550 e. The zero-order chi connectivity index (χ0) is 12.0. The molecule has 1 aliphatic heterocycles. The van der Waals surface area contributed by atoms with Gasteiger partial charge in [0.1, 0.15) is 0 Å². The molecule has 0 unspecified atom stereocenters. The molecule has 0 aromatic heterocycles. The second kappa shape index (κ2) is 6.48. The maximum atomic E-state index is 11.4. The van der Waals surface area contributed by atoms with Gasteiger partial charge >= 0.3 is 0 Å². The van der Waals surface area contributed by atoms with Crippen LogP contribution in [0.2, 0.25) is 0 Å². The summed E-state index contributed by atoms with van der Waals surface area (Å²) in [5.74, 6) is -1.21. The number of hydrogen-bond donors (Lipinski definition) is 2. The highest BCUT2D eigenvalue weighted by Crippen LogP contribution is 2.07. The highest BCUT2D eigenvalue weighted by Gasteiger charge is 2.24. The first kappa shape index (κ1) is 13.0. The standard InChI is InChI=1S/C11H20N2O3/c1-2-5-12-10(14)8-13-6-3-9(4-7-13)11(15)16/h9H,2-8H2,1H3,(H,12,14)(H,15,16). The van der Waals surface area contributed by atoms with Crippen molar-refractivity contribution in [2.24, 2.45) is 5.92 Å². The van der Waals surface area contributed by atoms with Crippen LogP contribution in [0.5, 0.6) is 0 Å². The second-order valence-electron chi connectivity index (χ2n) is 4.37. The monoisotopic (exact) mass is 228 g/mol. The predicted octanol–water partition coefficient (Wildman–Crippen LogP) is -2.44. The van der Waals surface area contributed by atoms with Crippen LogP contribution in [0.25, 0.3) is 0 Å². The maximum Gasteiger partial charge on any atom is 0.275 e. The van der Waals surface area contributed by atoms with Gasteiger partial charge in [0.05, 0.1) is 13.1 Å². The predicted molar refractivity (Wildman–Crippen MR) is 56.6 cm³/mol. The minimum absolute atomic E-state index is 0.0590.